The van der Waals surface area contributed by atoms with Gasteiger partial charge in [0.15, 0.2) is 0 Å². The first-order chi connectivity index (χ1) is 14.5. The molecule has 0 heterocycles. The Balaban J connectivity index is 2.19. The second kappa shape index (κ2) is 12.6. The van der Waals surface area contributed by atoms with Crippen LogP contribution in [-0.2, 0) is 22.6 Å². The number of halogens is 2. The highest BCUT2D eigenvalue weighted by molar-refractivity contribution is 6.42. The predicted octanol–water partition coefficient (Wildman–Crippen LogP) is 5.65. The van der Waals surface area contributed by atoms with Gasteiger partial charge in [0.25, 0.3) is 0 Å². The molecule has 0 saturated carbocycles. The minimum absolute atomic E-state index is 0.0533. The van der Waals surface area contributed by atoms with Crippen LogP contribution in [0.1, 0.15) is 50.7 Å². The summed E-state index contributed by atoms with van der Waals surface area (Å²) in [6.07, 6.45) is 3.42. The fourth-order valence-electron chi connectivity index (χ4n) is 3.30. The Morgan fingerprint density at radius 1 is 1.00 bits per heavy atom. The first-order valence-corrected chi connectivity index (χ1v) is 11.3. The van der Waals surface area contributed by atoms with E-state index in [1.807, 2.05) is 43.3 Å². The van der Waals surface area contributed by atoms with Crippen LogP contribution in [0, 0.1) is 0 Å². The lowest BCUT2D eigenvalue weighted by molar-refractivity contribution is -0.141. The number of carbonyl (C=O) groups is 2. The van der Waals surface area contributed by atoms with Gasteiger partial charge in [-0.1, -0.05) is 79.9 Å². The van der Waals surface area contributed by atoms with Crippen LogP contribution in [0.25, 0.3) is 0 Å². The molecule has 0 aromatic heterocycles. The number of carbonyl (C=O) groups excluding carboxylic acids is 2. The average Bonchev–Trinajstić information content (AvgIpc) is 2.75. The Bertz CT molecular complexity index is 827. The highest BCUT2D eigenvalue weighted by Crippen LogP contribution is 2.24. The monoisotopic (exact) mass is 448 g/mol. The fraction of sp³-hybridized carbons (Fsp3) is 0.417. The van der Waals surface area contributed by atoms with E-state index in [-0.39, 0.29) is 11.8 Å². The quantitative estimate of drug-likeness (QED) is 0.451. The zero-order valence-electron chi connectivity index (χ0n) is 17.7. The van der Waals surface area contributed by atoms with Crippen molar-refractivity contribution in [3.63, 3.8) is 0 Å². The number of nitrogens with zero attached hydrogens (tertiary/aromatic N) is 1. The van der Waals surface area contributed by atoms with E-state index >= 15 is 0 Å². The summed E-state index contributed by atoms with van der Waals surface area (Å²) in [5.41, 5.74) is 1.94. The van der Waals surface area contributed by atoms with Gasteiger partial charge in [-0.05, 0) is 42.5 Å². The Labute approximate surface area is 189 Å². The van der Waals surface area contributed by atoms with Crippen molar-refractivity contribution >= 4 is 35.0 Å². The van der Waals surface area contributed by atoms with E-state index in [4.69, 9.17) is 23.2 Å². The van der Waals surface area contributed by atoms with Crippen LogP contribution in [-0.4, -0.2) is 29.3 Å². The van der Waals surface area contributed by atoms with Gasteiger partial charge in [0.05, 0.1) is 10.0 Å². The highest BCUT2D eigenvalue weighted by atomic mass is 35.5. The number of nitrogens with one attached hydrogen (secondary N) is 1. The van der Waals surface area contributed by atoms with Crippen LogP contribution in [0.2, 0.25) is 10.0 Å². The van der Waals surface area contributed by atoms with Crippen molar-refractivity contribution in [3.05, 3.63) is 69.7 Å². The Hall–Kier alpha value is -2.04. The van der Waals surface area contributed by atoms with Crippen LogP contribution in [0.5, 0.6) is 0 Å². The maximum Gasteiger partial charge on any atom is 0.242 e. The molecule has 162 valence electrons. The summed E-state index contributed by atoms with van der Waals surface area (Å²) in [7, 11) is 0. The van der Waals surface area contributed by atoms with Crippen molar-refractivity contribution in [2.75, 3.05) is 6.54 Å². The van der Waals surface area contributed by atoms with E-state index < -0.39 is 6.04 Å². The molecule has 2 rings (SSSR count). The van der Waals surface area contributed by atoms with Crippen molar-refractivity contribution in [3.8, 4) is 0 Å². The highest BCUT2D eigenvalue weighted by Gasteiger charge is 2.28. The number of aryl methyl sites for hydroxylation is 1. The first kappa shape index (κ1) is 24.2. The van der Waals surface area contributed by atoms with E-state index in [0.717, 1.165) is 24.0 Å². The second-order valence-corrected chi connectivity index (χ2v) is 8.14. The zero-order chi connectivity index (χ0) is 21.9. The molecule has 0 spiro atoms. The van der Waals surface area contributed by atoms with Crippen molar-refractivity contribution in [1.29, 1.82) is 0 Å². The van der Waals surface area contributed by atoms with Crippen LogP contribution in [0.3, 0.4) is 0 Å². The molecule has 0 fully saturated rings. The van der Waals surface area contributed by atoms with E-state index in [0.29, 0.717) is 42.4 Å². The van der Waals surface area contributed by atoms with Crippen LogP contribution >= 0.6 is 23.2 Å². The molecule has 0 bridgehead atoms. The Morgan fingerprint density at radius 2 is 1.73 bits per heavy atom. The van der Waals surface area contributed by atoms with Gasteiger partial charge >= 0.3 is 0 Å². The standard InChI is InChI=1S/C24H30Cl2N2O2/c1-3-5-15-27-24(30)22(4-2)28(17-19-11-13-20(25)21(26)16-19)23(29)14-12-18-9-7-6-8-10-18/h6-11,13,16,22H,3-5,12,14-15,17H2,1-2H3,(H,27,30). The largest absolute Gasteiger partial charge is 0.354 e. The molecule has 0 aliphatic carbocycles. The average molecular weight is 449 g/mol. The molecule has 6 heteroatoms. The first-order valence-electron chi connectivity index (χ1n) is 10.5. The summed E-state index contributed by atoms with van der Waals surface area (Å²) in [4.78, 5) is 27.7. The normalized spacial score (nSPS) is 11.7. The summed E-state index contributed by atoms with van der Waals surface area (Å²) in [5.74, 6) is -0.165. The smallest absolute Gasteiger partial charge is 0.242 e. The van der Waals surface area contributed by atoms with Gasteiger partial charge in [0.2, 0.25) is 11.8 Å². The molecule has 4 nitrogen and oxygen atoms in total. The third kappa shape index (κ3) is 7.33. The number of rotatable bonds is 11. The SMILES string of the molecule is CCCCNC(=O)C(CC)N(Cc1ccc(Cl)c(Cl)c1)C(=O)CCc1ccccc1. The molecule has 30 heavy (non-hydrogen) atoms. The summed E-state index contributed by atoms with van der Waals surface area (Å²) >= 11 is 12.2. The third-order valence-electron chi connectivity index (χ3n) is 5.02. The minimum Gasteiger partial charge on any atom is -0.354 e. The Morgan fingerprint density at radius 3 is 2.37 bits per heavy atom. The van der Waals surface area contributed by atoms with Crippen LogP contribution < -0.4 is 5.32 Å². The molecule has 1 unspecified atom stereocenters. The molecule has 1 atom stereocenters. The summed E-state index contributed by atoms with van der Waals surface area (Å²) in [5, 5.41) is 3.87. The lowest BCUT2D eigenvalue weighted by atomic mass is 10.1. The van der Waals surface area contributed by atoms with Crippen molar-refractivity contribution in [1.82, 2.24) is 10.2 Å². The fourth-order valence-corrected chi connectivity index (χ4v) is 3.62. The van der Waals surface area contributed by atoms with Crippen LogP contribution in [0.15, 0.2) is 48.5 Å². The summed E-state index contributed by atoms with van der Waals surface area (Å²) in [6.45, 7) is 4.93. The molecular weight excluding hydrogens is 419 g/mol. The molecule has 0 radical (unpaired) electrons. The molecule has 0 saturated heterocycles. The Kier molecular flexibility index (Phi) is 10.2. The second-order valence-electron chi connectivity index (χ2n) is 7.32. The summed E-state index contributed by atoms with van der Waals surface area (Å²) in [6, 6.07) is 14.7. The van der Waals surface area contributed by atoms with E-state index in [2.05, 4.69) is 12.2 Å². The van der Waals surface area contributed by atoms with Gasteiger partial charge in [-0.2, -0.15) is 0 Å². The lowest BCUT2D eigenvalue weighted by Gasteiger charge is -2.31. The molecule has 2 aromatic rings. The van der Waals surface area contributed by atoms with Gasteiger partial charge in [-0.3, -0.25) is 9.59 Å². The molecule has 0 aliphatic rings. The molecule has 2 amide bonds. The van der Waals surface area contributed by atoms with Crippen molar-refractivity contribution in [2.45, 2.75) is 58.5 Å². The maximum absolute atomic E-state index is 13.2. The molecular formula is C24H30Cl2N2O2. The van der Waals surface area contributed by atoms with E-state index in [9.17, 15) is 9.59 Å². The number of hydrogen-bond acceptors (Lipinski definition) is 2. The van der Waals surface area contributed by atoms with Crippen molar-refractivity contribution in [2.24, 2.45) is 0 Å². The molecule has 2 aromatic carbocycles. The predicted molar refractivity (Wildman–Crippen MR) is 124 cm³/mol. The number of benzene rings is 2. The summed E-state index contributed by atoms with van der Waals surface area (Å²) < 4.78 is 0. The van der Waals surface area contributed by atoms with Gasteiger partial charge in [-0.15, -0.1) is 0 Å². The van der Waals surface area contributed by atoms with E-state index in [1.165, 1.54) is 0 Å². The topological polar surface area (TPSA) is 49.4 Å². The van der Waals surface area contributed by atoms with Gasteiger partial charge in [0.1, 0.15) is 6.04 Å². The van der Waals surface area contributed by atoms with Crippen molar-refractivity contribution < 1.29 is 9.59 Å². The molecule has 0 aliphatic heterocycles. The number of hydrogen-bond donors (Lipinski definition) is 1. The van der Waals surface area contributed by atoms with Gasteiger partial charge < -0.3 is 10.2 Å². The van der Waals surface area contributed by atoms with E-state index in [1.54, 1.807) is 17.0 Å². The minimum atomic E-state index is -0.528. The van der Waals surface area contributed by atoms with Crippen LogP contribution in [0.4, 0.5) is 0 Å². The third-order valence-corrected chi connectivity index (χ3v) is 5.76. The number of amides is 2. The lowest BCUT2D eigenvalue weighted by Crippen LogP contribution is -2.49. The van der Waals surface area contributed by atoms with Gasteiger partial charge in [-0.25, -0.2) is 0 Å². The number of unbranched alkanes of at least 4 members (excludes halogenated alkanes) is 1. The zero-order valence-corrected chi connectivity index (χ0v) is 19.2. The van der Waals surface area contributed by atoms with Gasteiger partial charge in [0, 0.05) is 19.5 Å². The maximum atomic E-state index is 13.2. The molecule has 1 N–H and O–H groups in total.